The molecular formula is C28H38FNO. The molecule has 1 aliphatic rings. The maximum absolute atomic E-state index is 13.8. The summed E-state index contributed by atoms with van der Waals surface area (Å²) in [6.07, 6.45) is 12.5. The maximum atomic E-state index is 13.8. The smallest absolute Gasteiger partial charge is 0.108 e. The monoisotopic (exact) mass is 423 g/mol. The number of halogens is 1. The minimum Gasteiger partial charge on any atom is -0.509 e. The Morgan fingerprint density at radius 3 is 2.45 bits per heavy atom. The van der Waals surface area contributed by atoms with E-state index >= 15 is 0 Å². The summed E-state index contributed by atoms with van der Waals surface area (Å²) in [7, 11) is 0. The fraction of sp³-hybridized carbons (Fsp3) is 0.429. The van der Waals surface area contributed by atoms with Gasteiger partial charge in [-0.25, -0.2) is 4.39 Å². The molecule has 0 fully saturated rings. The van der Waals surface area contributed by atoms with Gasteiger partial charge in [0.15, 0.2) is 0 Å². The second-order valence-electron chi connectivity index (χ2n) is 8.78. The molecule has 2 atom stereocenters. The molecule has 0 aromatic heterocycles. The van der Waals surface area contributed by atoms with Gasteiger partial charge in [-0.15, -0.1) is 0 Å². The second-order valence-corrected chi connectivity index (χ2v) is 8.78. The van der Waals surface area contributed by atoms with E-state index in [4.69, 9.17) is 0 Å². The number of benzene rings is 1. The first-order valence-electron chi connectivity index (χ1n) is 11.4. The van der Waals surface area contributed by atoms with Crippen LogP contribution in [0, 0.1) is 12.8 Å². The van der Waals surface area contributed by atoms with Gasteiger partial charge in [0.1, 0.15) is 11.6 Å². The number of hydrogen-bond acceptors (Lipinski definition) is 2. The first-order chi connectivity index (χ1) is 14.8. The normalized spacial score (nSPS) is 16.9. The number of nitrogens with one attached hydrogen (secondary N) is 1. The summed E-state index contributed by atoms with van der Waals surface area (Å²) in [5.74, 6) is 0.457. The number of aliphatic hydroxyl groups is 1. The van der Waals surface area contributed by atoms with Crippen molar-refractivity contribution < 1.29 is 9.50 Å². The van der Waals surface area contributed by atoms with E-state index < -0.39 is 0 Å². The molecule has 1 aromatic carbocycles. The van der Waals surface area contributed by atoms with Crippen LogP contribution in [0.4, 0.5) is 4.39 Å². The average molecular weight is 424 g/mol. The molecule has 0 saturated carbocycles. The predicted molar refractivity (Wildman–Crippen MR) is 131 cm³/mol. The summed E-state index contributed by atoms with van der Waals surface area (Å²) in [5.41, 5.74) is 4.55. The van der Waals surface area contributed by atoms with E-state index in [0.717, 1.165) is 44.3 Å². The van der Waals surface area contributed by atoms with Crippen LogP contribution in [0.3, 0.4) is 0 Å². The van der Waals surface area contributed by atoms with E-state index in [0.29, 0.717) is 12.3 Å². The van der Waals surface area contributed by atoms with Crippen molar-refractivity contribution in [2.75, 3.05) is 6.54 Å². The molecule has 168 valence electrons. The standard InChI is InChI=1S/C28H38FNO/c1-6-8-24(9-7-20-30-22(3)12-13-23(4)31)28(5,25-14-10-21(2)11-15-25)26-16-18-27(29)19-17-26/h10-16,18,24,30-31H,3-4,6-9,17,19-20H2,1-2,5H3/b13-12-. The molecule has 2 unspecified atom stereocenters. The number of allylic oxidation sites excluding steroid dienone is 6. The average Bonchev–Trinajstić information content (AvgIpc) is 2.75. The molecule has 0 amide bonds. The highest BCUT2D eigenvalue weighted by molar-refractivity contribution is 5.41. The quantitative estimate of drug-likeness (QED) is 0.205. The van der Waals surface area contributed by atoms with Gasteiger partial charge in [-0.2, -0.15) is 0 Å². The second kappa shape index (κ2) is 11.7. The first-order valence-corrected chi connectivity index (χ1v) is 11.4. The minimum atomic E-state index is -0.119. The van der Waals surface area contributed by atoms with Gasteiger partial charge in [0.25, 0.3) is 0 Å². The molecule has 0 radical (unpaired) electrons. The van der Waals surface area contributed by atoms with Gasteiger partial charge in [0.05, 0.1) is 0 Å². The van der Waals surface area contributed by atoms with Gasteiger partial charge in [-0.3, -0.25) is 0 Å². The molecule has 1 aromatic rings. The van der Waals surface area contributed by atoms with Crippen molar-refractivity contribution in [2.45, 2.75) is 64.7 Å². The van der Waals surface area contributed by atoms with Gasteiger partial charge < -0.3 is 10.4 Å². The van der Waals surface area contributed by atoms with Crippen molar-refractivity contribution in [1.29, 1.82) is 0 Å². The van der Waals surface area contributed by atoms with Crippen LogP contribution in [-0.4, -0.2) is 11.7 Å². The van der Waals surface area contributed by atoms with Gasteiger partial charge >= 0.3 is 0 Å². The van der Waals surface area contributed by atoms with Crippen LogP contribution < -0.4 is 5.32 Å². The van der Waals surface area contributed by atoms with Crippen molar-refractivity contribution >= 4 is 0 Å². The molecule has 2 nitrogen and oxygen atoms in total. The number of aryl methyl sites for hydroxylation is 1. The van der Waals surface area contributed by atoms with Crippen molar-refractivity contribution in [3.8, 4) is 0 Å². The van der Waals surface area contributed by atoms with E-state index in [2.05, 4.69) is 63.5 Å². The highest BCUT2D eigenvalue weighted by atomic mass is 19.1. The Morgan fingerprint density at radius 2 is 1.87 bits per heavy atom. The van der Waals surface area contributed by atoms with Crippen LogP contribution in [0.25, 0.3) is 0 Å². The summed E-state index contributed by atoms with van der Waals surface area (Å²) in [6.45, 7) is 14.9. The van der Waals surface area contributed by atoms with Crippen molar-refractivity contribution in [3.63, 3.8) is 0 Å². The van der Waals surface area contributed by atoms with E-state index in [1.165, 1.54) is 22.8 Å². The third-order valence-electron chi connectivity index (χ3n) is 6.43. The Bertz CT molecular complexity index is 846. The van der Waals surface area contributed by atoms with Gasteiger partial charge in [0.2, 0.25) is 0 Å². The molecule has 31 heavy (non-hydrogen) atoms. The molecule has 0 aliphatic heterocycles. The molecule has 0 bridgehead atoms. The van der Waals surface area contributed by atoms with Crippen LogP contribution in [-0.2, 0) is 5.41 Å². The topological polar surface area (TPSA) is 32.3 Å². The van der Waals surface area contributed by atoms with Gasteiger partial charge in [0, 0.05) is 24.1 Å². The Balaban J connectivity index is 2.21. The SMILES string of the molecule is C=C(O)/C=C\C(=C)NCCCC(CCC)C(C)(C1=CC=C(F)CC1)c1ccc(C)cc1. The van der Waals surface area contributed by atoms with E-state index in [-0.39, 0.29) is 17.0 Å². The maximum Gasteiger partial charge on any atom is 0.108 e. The van der Waals surface area contributed by atoms with Crippen LogP contribution >= 0.6 is 0 Å². The van der Waals surface area contributed by atoms with Crippen molar-refractivity contribution in [2.24, 2.45) is 5.92 Å². The van der Waals surface area contributed by atoms with Gasteiger partial charge in [-0.05, 0) is 62.3 Å². The lowest BCUT2D eigenvalue weighted by Crippen LogP contribution is -2.35. The van der Waals surface area contributed by atoms with Crippen LogP contribution in [0.2, 0.25) is 0 Å². The highest BCUT2D eigenvalue weighted by Crippen LogP contribution is 2.46. The lowest BCUT2D eigenvalue weighted by Gasteiger charge is -2.42. The van der Waals surface area contributed by atoms with Crippen molar-refractivity contribution in [1.82, 2.24) is 5.32 Å². The Kier molecular flexibility index (Phi) is 9.36. The molecule has 3 heteroatoms. The number of hydrogen-bond donors (Lipinski definition) is 2. The van der Waals surface area contributed by atoms with E-state index in [9.17, 15) is 9.50 Å². The Hall–Kier alpha value is -2.55. The summed E-state index contributed by atoms with van der Waals surface area (Å²) >= 11 is 0. The molecule has 0 saturated heterocycles. The molecule has 0 spiro atoms. The summed E-state index contributed by atoms with van der Waals surface area (Å²) in [5, 5.41) is 12.5. The highest BCUT2D eigenvalue weighted by Gasteiger charge is 2.38. The fourth-order valence-electron chi connectivity index (χ4n) is 4.55. The van der Waals surface area contributed by atoms with Crippen molar-refractivity contribution in [3.05, 3.63) is 95.7 Å². The zero-order chi connectivity index (χ0) is 22.9. The molecule has 2 N–H and O–H groups in total. The third kappa shape index (κ3) is 6.99. The van der Waals surface area contributed by atoms with Gasteiger partial charge in [-0.1, -0.05) is 74.9 Å². The largest absolute Gasteiger partial charge is 0.509 e. The zero-order valence-electron chi connectivity index (χ0n) is 19.4. The van der Waals surface area contributed by atoms with Crippen LogP contribution in [0.5, 0.6) is 0 Å². The fourth-order valence-corrected chi connectivity index (χ4v) is 4.55. The third-order valence-corrected chi connectivity index (χ3v) is 6.43. The van der Waals surface area contributed by atoms with Crippen LogP contribution in [0.15, 0.2) is 84.6 Å². The number of aliphatic hydroxyl groups excluding tert-OH is 1. The summed E-state index contributed by atoms with van der Waals surface area (Å²) in [4.78, 5) is 0. The first kappa shape index (κ1) is 24.7. The molecule has 1 aliphatic carbocycles. The zero-order valence-corrected chi connectivity index (χ0v) is 19.4. The minimum absolute atomic E-state index is 0.0195. The lowest BCUT2D eigenvalue weighted by atomic mass is 9.62. The van der Waals surface area contributed by atoms with E-state index in [1.54, 1.807) is 12.2 Å². The summed E-state index contributed by atoms with van der Waals surface area (Å²) in [6, 6.07) is 8.87. The summed E-state index contributed by atoms with van der Waals surface area (Å²) < 4.78 is 13.8. The van der Waals surface area contributed by atoms with E-state index in [1.807, 2.05) is 6.08 Å². The molecule has 2 rings (SSSR count). The lowest BCUT2D eigenvalue weighted by molar-refractivity contribution is 0.282. The van der Waals surface area contributed by atoms with Crippen LogP contribution in [0.1, 0.15) is 63.5 Å². The Morgan fingerprint density at radius 1 is 1.16 bits per heavy atom. The molecular weight excluding hydrogens is 385 g/mol. The Labute approximate surface area is 188 Å². The number of rotatable bonds is 12. The molecule has 0 heterocycles. The predicted octanol–water partition coefficient (Wildman–Crippen LogP) is 7.75.